The van der Waals surface area contributed by atoms with Crippen molar-refractivity contribution >= 4 is 33.3 Å². The minimum absolute atomic E-state index is 0.145. The molecule has 2 aromatic rings. The van der Waals surface area contributed by atoms with Crippen molar-refractivity contribution in [3.63, 3.8) is 0 Å². The van der Waals surface area contributed by atoms with Crippen LogP contribution in [0.4, 0.5) is 10.1 Å². The Morgan fingerprint density at radius 1 is 1.14 bits per heavy atom. The van der Waals surface area contributed by atoms with Gasteiger partial charge in [-0.1, -0.05) is 44.2 Å². The van der Waals surface area contributed by atoms with Gasteiger partial charge in [-0.2, -0.15) is 0 Å². The molecule has 29 heavy (non-hydrogen) atoms. The normalized spacial score (nSPS) is 15.3. The Balaban J connectivity index is 1.86. The maximum atomic E-state index is 12.8. The molecule has 8 heteroatoms. The largest absolute Gasteiger partial charge is 0.426 e. The molecule has 1 aliphatic heterocycles. The summed E-state index contributed by atoms with van der Waals surface area (Å²) in [6.07, 6.45) is 0. The van der Waals surface area contributed by atoms with Crippen LogP contribution >= 0.6 is 11.3 Å². The number of carbonyl (C=O) groups is 2. The first kappa shape index (κ1) is 21.3. The van der Waals surface area contributed by atoms with Crippen molar-refractivity contribution < 1.29 is 14.3 Å². The van der Waals surface area contributed by atoms with Crippen LogP contribution in [0, 0.1) is 0 Å². The first-order valence-corrected chi connectivity index (χ1v) is 10.5. The first-order chi connectivity index (χ1) is 13.6. The van der Waals surface area contributed by atoms with Gasteiger partial charge < -0.3 is 14.5 Å². The summed E-state index contributed by atoms with van der Waals surface area (Å²) in [5, 5.41) is 4.55. The lowest BCUT2D eigenvalue weighted by Gasteiger charge is -2.34. The molecular formula is C21H28N4O3S. The van der Waals surface area contributed by atoms with E-state index in [1.54, 1.807) is 24.3 Å². The number of amides is 1. The number of likely N-dealkylation sites (N-methyl/N-ethyl adjacent to an activating group) is 1. The molecule has 0 saturated carbocycles. The molecule has 0 bridgehead atoms. The summed E-state index contributed by atoms with van der Waals surface area (Å²) in [7, 11) is 2.13. The average Bonchev–Trinajstić information content (AvgIpc) is 3.06. The van der Waals surface area contributed by atoms with E-state index >= 15 is 0 Å². The summed E-state index contributed by atoms with van der Waals surface area (Å²) in [6.45, 7) is 11.6. The standard InChI is InChI=1S/C21H28N4O3S/c1-14(26)28-16-9-7-6-8-15(16)18(27)23-20-22-17(21(2,3)4)19(29-20)25-12-10-24(5)11-13-25/h6-9H,10-13H2,1-5H3,(H,22,23,27). The van der Waals surface area contributed by atoms with Crippen molar-refractivity contribution in [3.8, 4) is 5.75 Å². The van der Waals surface area contributed by atoms with E-state index in [2.05, 4.69) is 42.9 Å². The summed E-state index contributed by atoms with van der Waals surface area (Å²) in [4.78, 5) is 33.6. The van der Waals surface area contributed by atoms with Crippen molar-refractivity contribution in [2.75, 3.05) is 43.4 Å². The van der Waals surface area contributed by atoms with Gasteiger partial charge >= 0.3 is 5.97 Å². The summed E-state index contributed by atoms with van der Waals surface area (Å²) in [6, 6.07) is 6.70. The Bertz CT molecular complexity index is 896. The van der Waals surface area contributed by atoms with E-state index in [-0.39, 0.29) is 17.1 Å². The number of hydrogen-bond acceptors (Lipinski definition) is 7. The second-order valence-corrected chi connectivity index (χ2v) is 9.23. The number of rotatable bonds is 4. The fourth-order valence-corrected chi connectivity index (χ4v) is 4.36. The van der Waals surface area contributed by atoms with E-state index in [0.29, 0.717) is 10.7 Å². The highest BCUT2D eigenvalue weighted by atomic mass is 32.1. The monoisotopic (exact) mass is 416 g/mol. The highest BCUT2D eigenvalue weighted by Gasteiger charge is 2.29. The summed E-state index contributed by atoms with van der Waals surface area (Å²) in [5.74, 6) is -0.572. The van der Waals surface area contributed by atoms with Crippen molar-refractivity contribution in [2.24, 2.45) is 0 Å². The quantitative estimate of drug-likeness (QED) is 0.608. The lowest BCUT2D eigenvalue weighted by molar-refractivity contribution is -0.131. The zero-order valence-corrected chi connectivity index (χ0v) is 18.4. The number of nitrogens with one attached hydrogen (secondary N) is 1. The van der Waals surface area contributed by atoms with Gasteiger partial charge in [-0.05, 0) is 19.2 Å². The molecule has 0 radical (unpaired) electrons. The number of aromatic nitrogens is 1. The van der Waals surface area contributed by atoms with Gasteiger partial charge in [0.05, 0.1) is 11.3 Å². The molecule has 0 aliphatic carbocycles. The van der Waals surface area contributed by atoms with Crippen LogP contribution in [0.15, 0.2) is 24.3 Å². The van der Waals surface area contributed by atoms with Crippen LogP contribution in [0.3, 0.4) is 0 Å². The Labute approximate surface area is 175 Å². The third kappa shape index (κ3) is 5.13. The molecule has 1 aromatic heterocycles. The zero-order valence-electron chi connectivity index (χ0n) is 17.6. The molecule has 0 atom stereocenters. The molecule has 0 unspecified atom stereocenters. The van der Waals surface area contributed by atoms with Gasteiger partial charge in [0.2, 0.25) is 0 Å². The van der Waals surface area contributed by atoms with Crippen LogP contribution in [0.1, 0.15) is 43.7 Å². The number of piperazine rings is 1. The highest BCUT2D eigenvalue weighted by molar-refractivity contribution is 7.19. The average molecular weight is 417 g/mol. The van der Waals surface area contributed by atoms with Crippen molar-refractivity contribution in [2.45, 2.75) is 33.1 Å². The van der Waals surface area contributed by atoms with Gasteiger partial charge in [-0.15, -0.1) is 0 Å². The Kier molecular flexibility index (Phi) is 6.24. The van der Waals surface area contributed by atoms with Crippen molar-refractivity contribution in [3.05, 3.63) is 35.5 Å². The third-order valence-corrected chi connectivity index (χ3v) is 5.75. The molecule has 1 N–H and O–H groups in total. The van der Waals surface area contributed by atoms with E-state index < -0.39 is 5.97 Å². The first-order valence-electron chi connectivity index (χ1n) is 9.69. The van der Waals surface area contributed by atoms with Gasteiger partial charge in [-0.3, -0.25) is 14.9 Å². The summed E-state index contributed by atoms with van der Waals surface area (Å²) in [5.41, 5.74) is 1.14. The molecule has 7 nitrogen and oxygen atoms in total. The van der Waals surface area contributed by atoms with Crippen LogP contribution < -0.4 is 15.0 Å². The lowest BCUT2D eigenvalue weighted by Crippen LogP contribution is -2.44. The molecule has 1 aliphatic rings. The number of esters is 1. The number of para-hydroxylation sites is 1. The molecule has 1 fully saturated rings. The Morgan fingerprint density at radius 2 is 1.79 bits per heavy atom. The minimum atomic E-state index is -0.466. The van der Waals surface area contributed by atoms with Gasteiger partial charge in [0.15, 0.2) is 5.13 Å². The lowest BCUT2D eigenvalue weighted by atomic mass is 9.92. The number of carbonyl (C=O) groups excluding carboxylic acids is 2. The number of hydrogen-bond donors (Lipinski definition) is 1. The van der Waals surface area contributed by atoms with Crippen LogP contribution in [0.5, 0.6) is 5.75 Å². The molecule has 1 saturated heterocycles. The minimum Gasteiger partial charge on any atom is -0.426 e. The molecule has 3 rings (SSSR count). The summed E-state index contributed by atoms with van der Waals surface area (Å²) >= 11 is 1.49. The predicted molar refractivity (Wildman–Crippen MR) is 116 cm³/mol. The number of ether oxygens (including phenoxy) is 1. The van der Waals surface area contributed by atoms with Crippen LogP contribution in [0.25, 0.3) is 0 Å². The van der Waals surface area contributed by atoms with Crippen molar-refractivity contribution in [1.82, 2.24) is 9.88 Å². The summed E-state index contributed by atoms with van der Waals surface area (Å²) < 4.78 is 5.16. The van der Waals surface area contributed by atoms with E-state index in [9.17, 15) is 9.59 Å². The number of anilines is 2. The van der Waals surface area contributed by atoms with E-state index in [1.165, 1.54) is 18.3 Å². The van der Waals surface area contributed by atoms with E-state index in [0.717, 1.165) is 36.9 Å². The smallest absolute Gasteiger partial charge is 0.308 e. The third-order valence-electron chi connectivity index (χ3n) is 4.72. The molecule has 1 amide bonds. The molecule has 1 aromatic carbocycles. The number of benzene rings is 1. The van der Waals surface area contributed by atoms with E-state index in [1.807, 2.05) is 0 Å². The van der Waals surface area contributed by atoms with Gasteiger partial charge in [0.25, 0.3) is 5.91 Å². The Hall–Kier alpha value is -2.45. The fraction of sp³-hybridized carbons (Fsp3) is 0.476. The van der Waals surface area contributed by atoms with Crippen LogP contribution in [0.2, 0.25) is 0 Å². The van der Waals surface area contributed by atoms with Crippen LogP contribution in [-0.2, 0) is 10.2 Å². The molecule has 156 valence electrons. The maximum Gasteiger partial charge on any atom is 0.308 e. The van der Waals surface area contributed by atoms with Crippen LogP contribution in [-0.4, -0.2) is 55.0 Å². The van der Waals surface area contributed by atoms with Gasteiger partial charge in [-0.25, -0.2) is 4.98 Å². The molecule has 2 heterocycles. The van der Waals surface area contributed by atoms with Gasteiger partial charge in [0, 0.05) is 38.5 Å². The second-order valence-electron chi connectivity index (χ2n) is 8.26. The van der Waals surface area contributed by atoms with E-state index in [4.69, 9.17) is 9.72 Å². The maximum absolute atomic E-state index is 12.8. The number of nitrogens with zero attached hydrogens (tertiary/aromatic N) is 3. The SMILES string of the molecule is CC(=O)Oc1ccccc1C(=O)Nc1nc(C(C)(C)C)c(N2CCN(C)CC2)s1. The fourth-order valence-electron chi connectivity index (χ4n) is 3.14. The number of thiazole rings is 1. The topological polar surface area (TPSA) is 74.8 Å². The second kappa shape index (κ2) is 8.51. The van der Waals surface area contributed by atoms with Crippen molar-refractivity contribution in [1.29, 1.82) is 0 Å². The highest BCUT2D eigenvalue weighted by Crippen LogP contribution is 2.39. The molecule has 0 spiro atoms. The van der Waals surface area contributed by atoms with Gasteiger partial charge in [0.1, 0.15) is 10.8 Å². The molecular weight excluding hydrogens is 388 g/mol. The zero-order chi connectivity index (χ0) is 21.2. The predicted octanol–water partition coefficient (Wildman–Crippen LogP) is 3.37. The Morgan fingerprint density at radius 3 is 2.41 bits per heavy atom.